The van der Waals surface area contributed by atoms with E-state index in [4.69, 9.17) is 13.1 Å². The van der Waals surface area contributed by atoms with Crippen LogP contribution in [0.5, 0.6) is 11.5 Å². The van der Waals surface area contributed by atoms with Crippen molar-refractivity contribution in [3.8, 4) is 11.5 Å². The Bertz CT molecular complexity index is 1270. The molecule has 2 bridgehead atoms. The van der Waals surface area contributed by atoms with Crippen molar-refractivity contribution in [2.75, 3.05) is 13.7 Å². The number of carbonyl (C=O) groups is 1. The molecule has 0 radical (unpaired) electrons. The van der Waals surface area contributed by atoms with Gasteiger partial charge in [-0.15, -0.1) is 0 Å². The summed E-state index contributed by atoms with van der Waals surface area (Å²) in [7, 11) is 2.05. The fraction of sp³-hybridized carbons (Fsp3) is 0.536. The standard InChI is InChI=1S/C28H31NO6S/c1-29-25-27(29)17-26-22-19(27)12-13-21(23(22)34-24(26)20(30)14-15-28(25,26)31)35-36(32)33-16-8-3-2-5-9-18-10-6-4-7-11-18/h4,6-7,10-13,24-25,31H,2-3,5,8-9,14-17H2,1H3. The normalized spacial score (nSPS) is 36.8. The minimum absolute atomic E-state index is 0.0135. The number of rotatable bonds is 10. The van der Waals surface area contributed by atoms with Crippen molar-refractivity contribution >= 4 is 17.1 Å². The lowest BCUT2D eigenvalue weighted by molar-refractivity contribution is -0.148. The Hall–Kier alpha value is -2.26. The van der Waals surface area contributed by atoms with E-state index in [0.717, 1.165) is 43.2 Å². The second kappa shape index (κ2) is 7.87. The van der Waals surface area contributed by atoms with Crippen LogP contribution in [0.15, 0.2) is 42.5 Å². The van der Waals surface area contributed by atoms with Crippen LogP contribution in [0.4, 0.5) is 0 Å². The Kier molecular flexibility index (Phi) is 5.01. The van der Waals surface area contributed by atoms with Crippen molar-refractivity contribution in [1.29, 1.82) is 0 Å². The Labute approximate surface area is 213 Å². The van der Waals surface area contributed by atoms with Crippen LogP contribution >= 0.6 is 0 Å². The second-order valence-corrected chi connectivity index (χ2v) is 11.9. The first kappa shape index (κ1) is 22.9. The highest BCUT2D eigenvalue weighted by molar-refractivity contribution is 7.75. The van der Waals surface area contributed by atoms with Crippen LogP contribution in [0, 0.1) is 0 Å². The summed E-state index contributed by atoms with van der Waals surface area (Å²) in [6, 6.07) is 14.2. The third-order valence-corrected chi connectivity index (χ3v) is 10.2. The highest BCUT2D eigenvalue weighted by Crippen LogP contribution is 2.81. The maximum atomic E-state index is 12.9. The molecular weight excluding hydrogens is 478 g/mol. The summed E-state index contributed by atoms with van der Waals surface area (Å²) in [5.41, 5.74) is 1.39. The molecule has 2 aliphatic heterocycles. The predicted octanol–water partition coefficient (Wildman–Crippen LogP) is 3.48. The van der Waals surface area contributed by atoms with Crippen molar-refractivity contribution in [2.45, 2.75) is 80.1 Å². The summed E-state index contributed by atoms with van der Waals surface area (Å²) < 4.78 is 29.9. The molecule has 190 valence electrons. The van der Waals surface area contributed by atoms with Crippen LogP contribution in [0.2, 0.25) is 0 Å². The van der Waals surface area contributed by atoms with Gasteiger partial charge in [0.05, 0.1) is 29.2 Å². The number of likely N-dealkylation sites (tertiary alicyclic amines) is 1. The molecule has 2 spiro atoms. The highest BCUT2D eigenvalue weighted by Gasteiger charge is 2.91. The van der Waals surface area contributed by atoms with E-state index in [-0.39, 0.29) is 17.4 Å². The first-order valence-corrected chi connectivity index (χ1v) is 14.0. The molecule has 7 nitrogen and oxygen atoms in total. The first-order valence-electron chi connectivity index (χ1n) is 13.0. The van der Waals surface area contributed by atoms with Crippen molar-refractivity contribution < 1.29 is 27.2 Å². The van der Waals surface area contributed by atoms with E-state index in [9.17, 15) is 14.1 Å². The third-order valence-electron chi connectivity index (χ3n) is 9.48. The van der Waals surface area contributed by atoms with Crippen LogP contribution in [0.3, 0.4) is 0 Å². The van der Waals surface area contributed by atoms with Gasteiger partial charge in [-0.3, -0.25) is 13.9 Å². The van der Waals surface area contributed by atoms with Gasteiger partial charge in [0.15, 0.2) is 23.4 Å². The molecule has 7 unspecified atom stereocenters. The van der Waals surface area contributed by atoms with Gasteiger partial charge in [-0.05, 0) is 56.3 Å². The van der Waals surface area contributed by atoms with Gasteiger partial charge < -0.3 is 14.0 Å². The lowest BCUT2D eigenvalue weighted by atomic mass is 9.59. The fourth-order valence-corrected chi connectivity index (χ4v) is 8.57. The lowest BCUT2D eigenvalue weighted by Crippen LogP contribution is -2.64. The number of Topliss-reactive ketones (excluding diaryl/α,β-unsaturated/α-hetero) is 1. The zero-order valence-electron chi connectivity index (χ0n) is 20.4. The number of carbonyl (C=O) groups excluding carboxylic acids is 1. The molecular formula is C28H31NO6S. The number of ketones is 1. The molecule has 5 aliphatic rings. The minimum Gasteiger partial charge on any atom is -0.477 e. The van der Waals surface area contributed by atoms with Crippen molar-refractivity contribution in [3.63, 3.8) is 0 Å². The Morgan fingerprint density at radius 1 is 1.14 bits per heavy atom. The molecule has 7 rings (SSSR count). The number of ether oxygens (including phenoxy) is 1. The molecule has 2 aromatic rings. The number of benzene rings is 2. The van der Waals surface area contributed by atoms with Gasteiger partial charge >= 0.3 is 11.4 Å². The van der Waals surface area contributed by atoms with Crippen LogP contribution in [-0.4, -0.2) is 51.4 Å². The van der Waals surface area contributed by atoms with Crippen LogP contribution < -0.4 is 8.92 Å². The monoisotopic (exact) mass is 509 g/mol. The Morgan fingerprint density at radius 3 is 2.78 bits per heavy atom. The van der Waals surface area contributed by atoms with Gasteiger partial charge in [-0.1, -0.05) is 49.2 Å². The van der Waals surface area contributed by atoms with Gasteiger partial charge in [-0.25, -0.2) is 0 Å². The maximum Gasteiger partial charge on any atom is 0.360 e. The van der Waals surface area contributed by atoms with Crippen LogP contribution in [-0.2, 0) is 37.7 Å². The van der Waals surface area contributed by atoms with E-state index in [1.165, 1.54) is 5.56 Å². The van der Waals surface area contributed by atoms with Crippen LogP contribution in [0.25, 0.3) is 0 Å². The Balaban J connectivity index is 1.00. The van der Waals surface area contributed by atoms with E-state index in [1.54, 1.807) is 6.07 Å². The maximum absolute atomic E-state index is 12.9. The molecule has 2 saturated carbocycles. The SMILES string of the molecule is CN1C2C13CC14c5c3ccc(OS(=O)OCCCCCCc3ccccc3)c5OC1C(=O)CCC24O. The average Bonchev–Trinajstić information content (AvgIpc) is 3.13. The molecule has 1 saturated heterocycles. The summed E-state index contributed by atoms with van der Waals surface area (Å²) >= 11 is -1.97. The number of piperidine rings is 1. The fourth-order valence-electron chi connectivity index (χ4n) is 7.99. The zero-order valence-corrected chi connectivity index (χ0v) is 21.2. The molecule has 3 aliphatic carbocycles. The number of aryl methyl sites for hydroxylation is 1. The van der Waals surface area contributed by atoms with Gasteiger partial charge in [0.1, 0.15) is 0 Å². The predicted molar refractivity (Wildman–Crippen MR) is 133 cm³/mol. The molecule has 0 aromatic heterocycles. The number of aliphatic hydroxyl groups is 1. The van der Waals surface area contributed by atoms with Gasteiger partial charge in [0.25, 0.3) is 0 Å². The minimum atomic E-state index is -1.97. The second-order valence-electron chi connectivity index (χ2n) is 11.0. The number of hydrogen-bond donors (Lipinski definition) is 1. The molecule has 36 heavy (non-hydrogen) atoms. The molecule has 7 atom stereocenters. The smallest absolute Gasteiger partial charge is 0.360 e. The molecule has 0 amide bonds. The van der Waals surface area contributed by atoms with E-state index in [2.05, 4.69) is 29.2 Å². The summed E-state index contributed by atoms with van der Waals surface area (Å²) in [5, 5.41) is 11.9. The quantitative estimate of drug-likeness (QED) is 0.388. The lowest BCUT2D eigenvalue weighted by Gasteiger charge is -2.47. The summed E-state index contributed by atoms with van der Waals surface area (Å²) in [6.45, 7) is 0.347. The third kappa shape index (κ3) is 2.79. The van der Waals surface area contributed by atoms with E-state index in [1.807, 2.05) is 19.2 Å². The zero-order chi connectivity index (χ0) is 24.7. The van der Waals surface area contributed by atoms with Crippen LogP contribution in [0.1, 0.15) is 61.6 Å². The molecule has 2 heterocycles. The first-order chi connectivity index (χ1) is 17.4. The van der Waals surface area contributed by atoms with Gasteiger partial charge in [-0.2, -0.15) is 4.21 Å². The summed E-state index contributed by atoms with van der Waals surface area (Å²) in [4.78, 5) is 15.2. The summed E-state index contributed by atoms with van der Waals surface area (Å²) in [5.74, 6) is 0.802. The number of nitrogens with zero attached hydrogens (tertiary/aromatic N) is 1. The van der Waals surface area contributed by atoms with E-state index < -0.39 is 28.5 Å². The van der Waals surface area contributed by atoms with Crippen molar-refractivity contribution in [3.05, 3.63) is 59.2 Å². The van der Waals surface area contributed by atoms with Crippen molar-refractivity contribution in [1.82, 2.24) is 4.90 Å². The number of fused-ring (bicyclic) bond motifs is 1. The van der Waals surface area contributed by atoms with Gasteiger partial charge in [0, 0.05) is 12.0 Å². The van der Waals surface area contributed by atoms with Crippen molar-refractivity contribution in [2.24, 2.45) is 0 Å². The number of likely N-dealkylation sites (N-methyl/N-ethyl adjacent to an activating group) is 1. The van der Waals surface area contributed by atoms with E-state index in [0.29, 0.717) is 37.4 Å². The largest absolute Gasteiger partial charge is 0.477 e. The van der Waals surface area contributed by atoms with E-state index >= 15 is 0 Å². The Morgan fingerprint density at radius 2 is 1.94 bits per heavy atom. The number of hydrogen-bond acceptors (Lipinski definition) is 7. The average molecular weight is 510 g/mol. The molecule has 8 heteroatoms. The topological polar surface area (TPSA) is 85.1 Å². The highest BCUT2D eigenvalue weighted by atomic mass is 32.2. The molecule has 1 N–H and O–H groups in total. The number of unbranched alkanes of at least 4 members (excludes halogenated alkanes) is 3. The summed E-state index contributed by atoms with van der Waals surface area (Å²) in [6.07, 6.45) is 5.81. The molecule has 3 fully saturated rings. The molecule has 2 aromatic carbocycles. The van der Waals surface area contributed by atoms with Gasteiger partial charge in [0.2, 0.25) is 0 Å².